The molecule has 4 atom stereocenters. The highest BCUT2D eigenvalue weighted by atomic mass is 16.5. The standard InChI is InChI=1S/C18H28N2O2/c1-12(2)15-7-6-13(3)9-17(15)22-18(21)16-11-19-10-14-5-4-8-20(14)16/h4-5,8,12-13,15-17,19H,6-7,9-11H2,1-3H3. The van der Waals surface area contributed by atoms with Crippen molar-refractivity contribution in [2.45, 2.75) is 58.7 Å². The molecule has 0 aromatic carbocycles. The van der Waals surface area contributed by atoms with E-state index in [9.17, 15) is 4.79 Å². The number of nitrogens with zero attached hydrogens (tertiary/aromatic N) is 1. The van der Waals surface area contributed by atoms with Crippen molar-refractivity contribution in [1.82, 2.24) is 9.88 Å². The van der Waals surface area contributed by atoms with E-state index in [1.54, 1.807) is 0 Å². The summed E-state index contributed by atoms with van der Waals surface area (Å²) < 4.78 is 8.07. The van der Waals surface area contributed by atoms with Gasteiger partial charge in [-0.05, 0) is 42.7 Å². The van der Waals surface area contributed by atoms with Gasteiger partial charge in [0.05, 0.1) is 0 Å². The van der Waals surface area contributed by atoms with Gasteiger partial charge in [0.1, 0.15) is 12.1 Å². The van der Waals surface area contributed by atoms with E-state index in [1.165, 1.54) is 12.8 Å². The largest absolute Gasteiger partial charge is 0.460 e. The van der Waals surface area contributed by atoms with Gasteiger partial charge in [-0.25, -0.2) is 4.79 Å². The highest BCUT2D eigenvalue weighted by Crippen LogP contribution is 2.36. The van der Waals surface area contributed by atoms with E-state index in [2.05, 4.69) is 36.7 Å². The summed E-state index contributed by atoms with van der Waals surface area (Å²) in [5.74, 6) is 1.64. The lowest BCUT2D eigenvalue weighted by molar-refractivity contribution is -0.160. The van der Waals surface area contributed by atoms with Crippen molar-refractivity contribution < 1.29 is 9.53 Å². The summed E-state index contributed by atoms with van der Waals surface area (Å²) in [4.78, 5) is 12.7. The third kappa shape index (κ3) is 3.07. The predicted molar refractivity (Wildman–Crippen MR) is 86.4 cm³/mol. The molecule has 22 heavy (non-hydrogen) atoms. The summed E-state index contributed by atoms with van der Waals surface area (Å²) in [6.07, 6.45) is 5.51. The summed E-state index contributed by atoms with van der Waals surface area (Å²) in [6, 6.07) is 3.85. The Bertz CT molecular complexity index is 523. The van der Waals surface area contributed by atoms with Gasteiger partial charge in [0.15, 0.2) is 0 Å². The first-order chi connectivity index (χ1) is 10.6. The van der Waals surface area contributed by atoms with Crippen molar-refractivity contribution in [3.05, 3.63) is 24.0 Å². The third-order valence-electron chi connectivity index (χ3n) is 5.35. The van der Waals surface area contributed by atoms with Gasteiger partial charge in [0.25, 0.3) is 0 Å². The molecular weight excluding hydrogens is 276 g/mol. The van der Waals surface area contributed by atoms with Crippen LogP contribution in [-0.4, -0.2) is 23.2 Å². The molecule has 122 valence electrons. The molecule has 1 N–H and O–H groups in total. The predicted octanol–water partition coefficient (Wildman–Crippen LogP) is 3.14. The normalized spacial score (nSPS) is 31.8. The van der Waals surface area contributed by atoms with Crippen molar-refractivity contribution >= 4 is 5.97 Å². The number of carbonyl (C=O) groups excluding carboxylic acids is 1. The molecule has 0 spiro atoms. The first-order valence-electron chi connectivity index (χ1n) is 8.63. The van der Waals surface area contributed by atoms with Gasteiger partial charge < -0.3 is 14.6 Å². The van der Waals surface area contributed by atoms with Crippen LogP contribution >= 0.6 is 0 Å². The Morgan fingerprint density at radius 2 is 2.23 bits per heavy atom. The Kier molecular flexibility index (Phi) is 4.57. The Morgan fingerprint density at radius 1 is 1.41 bits per heavy atom. The topological polar surface area (TPSA) is 43.3 Å². The number of hydrogen-bond acceptors (Lipinski definition) is 3. The van der Waals surface area contributed by atoms with Crippen molar-refractivity contribution in [2.24, 2.45) is 17.8 Å². The number of hydrogen-bond donors (Lipinski definition) is 1. The van der Waals surface area contributed by atoms with Crippen LogP contribution in [0.2, 0.25) is 0 Å². The van der Waals surface area contributed by atoms with Crippen LogP contribution in [0.5, 0.6) is 0 Å². The summed E-state index contributed by atoms with van der Waals surface area (Å²) in [5.41, 5.74) is 1.16. The van der Waals surface area contributed by atoms with Crippen LogP contribution in [0.15, 0.2) is 18.3 Å². The highest BCUT2D eigenvalue weighted by molar-refractivity contribution is 5.75. The summed E-state index contributed by atoms with van der Waals surface area (Å²) in [7, 11) is 0. The van der Waals surface area contributed by atoms with Gasteiger partial charge >= 0.3 is 5.97 Å². The van der Waals surface area contributed by atoms with Crippen LogP contribution in [0.1, 0.15) is 51.8 Å². The fraction of sp³-hybridized carbons (Fsp3) is 0.722. The molecule has 4 unspecified atom stereocenters. The SMILES string of the molecule is CC1CCC(C(C)C)C(OC(=O)C2CNCc3cccn32)C1. The average molecular weight is 304 g/mol. The number of carbonyl (C=O) groups is 1. The zero-order chi connectivity index (χ0) is 15.7. The summed E-state index contributed by atoms with van der Waals surface area (Å²) >= 11 is 0. The van der Waals surface area contributed by atoms with Crippen molar-refractivity contribution in [2.75, 3.05) is 6.54 Å². The van der Waals surface area contributed by atoms with Crippen LogP contribution in [0.25, 0.3) is 0 Å². The molecule has 1 aromatic heterocycles. The second-order valence-corrected chi connectivity index (χ2v) is 7.35. The molecule has 1 aliphatic carbocycles. The number of ether oxygens (including phenoxy) is 1. The molecular formula is C18H28N2O2. The maximum absolute atomic E-state index is 12.7. The van der Waals surface area contributed by atoms with E-state index < -0.39 is 0 Å². The van der Waals surface area contributed by atoms with Crippen molar-refractivity contribution in [1.29, 1.82) is 0 Å². The van der Waals surface area contributed by atoms with Gasteiger partial charge in [-0.15, -0.1) is 0 Å². The molecule has 4 nitrogen and oxygen atoms in total. The van der Waals surface area contributed by atoms with Crippen molar-refractivity contribution in [3.63, 3.8) is 0 Å². The van der Waals surface area contributed by atoms with Crippen LogP contribution in [0.3, 0.4) is 0 Å². The van der Waals surface area contributed by atoms with E-state index in [0.29, 0.717) is 24.3 Å². The number of esters is 1. The molecule has 0 saturated heterocycles. The second kappa shape index (κ2) is 6.45. The van der Waals surface area contributed by atoms with Crippen LogP contribution in [-0.2, 0) is 16.1 Å². The molecule has 0 radical (unpaired) electrons. The average Bonchev–Trinajstić information content (AvgIpc) is 2.95. The van der Waals surface area contributed by atoms with Crippen LogP contribution < -0.4 is 5.32 Å². The van der Waals surface area contributed by atoms with Gasteiger partial charge in [0, 0.05) is 25.0 Å². The molecule has 1 saturated carbocycles. The molecule has 1 aromatic rings. The van der Waals surface area contributed by atoms with Gasteiger partial charge in [-0.2, -0.15) is 0 Å². The highest BCUT2D eigenvalue weighted by Gasteiger charge is 2.36. The quantitative estimate of drug-likeness (QED) is 0.873. The lowest BCUT2D eigenvalue weighted by Gasteiger charge is -2.38. The first-order valence-corrected chi connectivity index (χ1v) is 8.63. The molecule has 1 fully saturated rings. The minimum Gasteiger partial charge on any atom is -0.460 e. The van der Waals surface area contributed by atoms with Gasteiger partial charge in [0.2, 0.25) is 0 Å². The Hall–Kier alpha value is -1.29. The van der Waals surface area contributed by atoms with Gasteiger partial charge in [-0.1, -0.05) is 27.2 Å². The second-order valence-electron chi connectivity index (χ2n) is 7.35. The number of fused-ring (bicyclic) bond motifs is 1. The lowest BCUT2D eigenvalue weighted by Crippen LogP contribution is -2.42. The van der Waals surface area contributed by atoms with E-state index in [-0.39, 0.29) is 18.1 Å². The maximum atomic E-state index is 12.7. The number of rotatable bonds is 3. The fourth-order valence-corrected chi connectivity index (χ4v) is 3.99. The smallest absolute Gasteiger partial charge is 0.330 e. The molecule has 1 aliphatic heterocycles. The van der Waals surface area contributed by atoms with E-state index in [0.717, 1.165) is 18.7 Å². The monoisotopic (exact) mass is 304 g/mol. The zero-order valence-electron chi connectivity index (χ0n) is 13.9. The van der Waals surface area contributed by atoms with Gasteiger partial charge in [-0.3, -0.25) is 0 Å². The van der Waals surface area contributed by atoms with Crippen LogP contribution in [0.4, 0.5) is 0 Å². The fourth-order valence-electron chi connectivity index (χ4n) is 3.99. The molecule has 2 heterocycles. The number of aromatic nitrogens is 1. The third-order valence-corrected chi connectivity index (χ3v) is 5.35. The molecule has 0 amide bonds. The molecule has 2 aliphatic rings. The van der Waals surface area contributed by atoms with Crippen LogP contribution in [0, 0.1) is 17.8 Å². The molecule has 4 heteroatoms. The Balaban J connectivity index is 1.71. The van der Waals surface area contributed by atoms with Crippen molar-refractivity contribution in [3.8, 4) is 0 Å². The minimum atomic E-state index is -0.219. The first kappa shape index (κ1) is 15.6. The number of nitrogens with one attached hydrogen (secondary N) is 1. The minimum absolute atomic E-state index is 0.0746. The Labute approximate surface area is 133 Å². The zero-order valence-corrected chi connectivity index (χ0v) is 13.9. The molecule has 3 rings (SSSR count). The maximum Gasteiger partial charge on any atom is 0.330 e. The lowest BCUT2D eigenvalue weighted by atomic mass is 9.75. The molecule has 0 bridgehead atoms. The van der Waals surface area contributed by atoms with E-state index >= 15 is 0 Å². The van der Waals surface area contributed by atoms with E-state index in [4.69, 9.17) is 4.74 Å². The Morgan fingerprint density at radius 3 is 3.00 bits per heavy atom. The summed E-state index contributed by atoms with van der Waals surface area (Å²) in [5, 5.41) is 3.32. The summed E-state index contributed by atoms with van der Waals surface area (Å²) in [6.45, 7) is 8.24. The van der Waals surface area contributed by atoms with E-state index in [1.807, 2.05) is 12.3 Å².